The zero-order chi connectivity index (χ0) is 12.0. The molecule has 16 heavy (non-hydrogen) atoms. The van der Waals surface area contributed by atoms with E-state index in [9.17, 15) is 0 Å². The van der Waals surface area contributed by atoms with Gasteiger partial charge in [0.15, 0.2) is 0 Å². The van der Waals surface area contributed by atoms with Crippen LogP contribution < -0.4 is 5.32 Å². The molecule has 0 saturated heterocycles. The molecule has 0 radical (unpaired) electrons. The van der Waals surface area contributed by atoms with Crippen molar-refractivity contribution in [2.45, 2.75) is 26.7 Å². The molecule has 1 rings (SSSR count). The van der Waals surface area contributed by atoms with E-state index >= 15 is 0 Å². The van der Waals surface area contributed by atoms with E-state index in [-0.39, 0.29) is 0 Å². The van der Waals surface area contributed by atoms with Crippen LogP contribution in [0.25, 0.3) is 0 Å². The summed E-state index contributed by atoms with van der Waals surface area (Å²) < 4.78 is 0. The van der Waals surface area contributed by atoms with Gasteiger partial charge < -0.3 is 5.32 Å². The van der Waals surface area contributed by atoms with Crippen LogP contribution in [0.15, 0.2) is 48.6 Å². The predicted octanol–water partition coefficient (Wildman–Crippen LogP) is 4.35. The van der Waals surface area contributed by atoms with Crippen molar-refractivity contribution < 1.29 is 0 Å². The van der Waals surface area contributed by atoms with E-state index in [1.165, 1.54) is 16.8 Å². The minimum atomic E-state index is 0.387. The molecular formula is C15H21N. The fourth-order valence-corrected chi connectivity index (χ4v) is 1.95. The second-order valence-corrected chi connectivity index (χ2v) is 3.83. The zero-order valence-corrected chi connectivity index (χ0v) is 10.5. The van der Waals surface area contributed by atoms with Crippen molar-refractivity contribution in [2.24, 2.45) is 0 Å². The Labute approximate surface area is 98.9 Å². The van der Waals surface area contributed by atoms with E-state index in [0.29, 0.717) is 5.92 Å². The minimum Gasteiger partial charge on any atom is -0.385 e. The predicted molar refractivity (Wildman–Crippen MR) is 73.0 cm³/mol. The Kier molecular flexibility index (Phi) is 4.84. The highest BCUT2D eigenvalue weighted by molar-refractivity contribution is 5.55. The van der Waals surface area contributed by atoms with Crippen molar-refractivity contribution in [2.75, 3.05) is 11.9 Å². The van der Waals surface area contributed by atoms with Crippen LogP contribution in [0.4, 0.5) is 5.69 Å². The van der Waals surface area contributed by atoms with Gasteiger partial charge in [0.05, 0.1) is 0 Å². The lowest BCUT2D eigenvalue weighted by Gasteiger charge is -2.18. The van der Waals surface area contributed by atoms with Gasteiger partial charge in [0.2, 0.25) is 0 Å². The number of nitrogens with one attached hydrogen (secondary N) is 1. The molecule has 1 aromatic carbocycles. The highest BCUT2D eigenvalue weighted by atomic mass is 14.9. The second-order valence-electron chi connectivity index (χ2n) is 3.83. The third-order valence-electron chi connectivity index (χ3n) is 2.86. The van der Waals surface area contributed by atoms with Gasteiger partial charge in [-0.05, 0) is 31.1 Å². The molecule has 0 amide bonds. The van der Waals surface area contributed by atoms with Crippen molar-refractivity contribution in [3.05, 3.63) is 54.1 Å². The van der Waals surface area contributed by atoms with E-state index in [1.54, 1.807) is 0 Å². The van der Waals surface area contributed by atoms with Crippen molar-refractivity contribution in [1.29, 1.82) is 0 Å². The van der Waals surface area contributed by atoms with Crippen molar-refractivity contribution in [3.63, 3.8) is 0 Å². The summed E-state index contributed by atoms with van der Waals surface area (Å²) in [6.07, 6.45) is 4.06. The van der Waals surface area contributed by atoms with E-state index in [2.05, 4.69) is 63.0 Å². The summed E-state index contributed by atoms with van der Waals surface area (Å²) in [5, 5.41) is 3.40. The topological polar surface area (TPSA) is 12.0 Å². The normalized spacial score (nSPS) is 13.3. The van der Waals surface area contributed by atoms with Gasteiger partial charge in [-0.1, -0.05) is 43.9 Å². The summed E-state index contributed by atoms with van der Waals surface area (Å²) in [4.78, 5) is 0. The van der Waals surface area contributed by atoms with Crippen LogP contribution in [0, 0.1) is 0 Å². The van der Waals surface area contributed by atoms with Crippen LogP contribution >= 0.6 is 0 Å². The Hall–Kier alpha value is -1.50. The number of allylic oxidation sites excluding steroid dienone is 3. The van der Waals surface area contributed by atoms with E-state index < -0.39 is 0 Å². The molecule has 0 heterocycles. The molecule has 0 bridgehead atoms. The molecule has 0 saturated carbocycles. The molecule has 0 aromatic heterocycles. The Morgan fingerprint density at radius 3 is 2.69 bits per heavy atom. The van der Waals surface area contributed by atoms with E-state index in [0.717, 1.165) is 6.54 Å². The highest BCUT2D eigenvalue weighted by Crippen LogP contribution is 2.30. The SMILES string of the molecule is C=C/C(=C\C)C(C)c1ccccc1NCC. The first kappa shape index (κ1) is 12.6. The maximum absolute atomic E-state index is 3.87. The summed E-state index contributed by atoms with van der Waals surface area (Å²) in [6, 6.07) is 8.46. The van der Waals surface area contributed by atoms with Crippen LogP contribution in [-0.2, 0) is 0 Å². The number of benzene rings is 1. The first-order valence-corrected chi connectivity index (χ1v) is 5.86. The van der Waals surface area contributed by atoms with Gasteiger partial charge in [-0.25, -0.2) is 0 Å². The Morgan fingerprint density at radius 2 is 2.12 bits per heavy atom. The van der Waals surface area contributed by atoms with Gasteiger partial charge in [0.25, 0.3) is 0 Å². The van der Waals surface area contributed by atoms with Crippen LogP contribution in [0.1, 0.15) is 32.3 Å². The number of hydrogen-bond acceptors (Lipinski definition) is 1. The zero-order valence-electron chi connectivity index (χ0n) is 10.5. The molecule has 0 spiro atoms. The third-order valence-corrected chi connectivity index (χ3v) is 2.86. The van der Waals surface area contributed by atoms with Crippen molar-refractivity contribution in [1.82, 2.24) is 0 Å². The maximum Gasteiger partial charge on any atom is 0.0378 e. The Morgan fingerprint density at radius 1 is 1.44 bits per heavy atom. The summed E-state index contributed by atoms with van der Waals surface area (Å²) in [7, 11) is 0. The molecule has 1 N–H and O–H groups in total. The van der Waals surface area contributed by atoms with Crippen LogP contribution in [-0.4, -0.2) is 6.54 Å². The molecule has 1 unspecified atom stereocenters. The molecule has 0 aliphatic rings. The lowest BCUT2D eigenvalue weighted by Crippen LogP contribution is -2.04. The summed E-state index contributed by atoms with van der Waals surface area (Å²) in [6.45, 7) is 11.2. The van der Waals surface area contributed by atoms with E-state index in [1.807, 2.05) is 6.08 Å². The fourth-order valence-electron chi connectivity index (χ4n) is 1.95. The number of para-hydroxylation sites is 1. The van der Waals surface area contributed by atoms with Gasteiger partial charge in [-0.2, -0.15) is 0 Å². The van der Waals surface area contributed by atoms with Gasteiger partial charge in [-0.15, -0.1) is 0 Å². The summed E-state index contributed by atoms with van der Waals surface area (Å²) in [5.74, 6) is 0.387. The van der Waals surface area contributed by atoms with Crippen LogP contribution in [0.2, 0.25) is 0 Å². The van der Waals surface area contributed by atoms with Crippen molar-refractivity contribution >= 4 is 5.69 Å². The number of hydrogen-bond donors (Lipinski definition) is 1. The second kappa shape index (κ2) is 6.16. The highest BCUT2D eigenvalue weighted by Gasteiger charge is 2.11. The molecule has 1 aromatic rings. The standard InChI is InChI=1S/C15H21N/c1-5-13(6-2)12(4)14-10-8-9-11-15(14)16-7-3/h5-6,8-12,16H,1,7H2,2-4H3/b13-6+. The fraction of sp³-hybridized carbons (Fsp3) is 0.333. The minimum absolute atomic E-state index is 0.387. The first-order valence-electron chi connectivity index (χ1n) is 5.86. The smallest absolute Gasteiger partial charge is 0.0378 e. The Bertz CT molecular complexity index is 377. The van der Waals surface area contributed by atoms with Gasteiger partial charge in [0.1, 0.15) is 0 Å². The monoisotopic (exact) mass is 215 g/mol. The van der Waals surface area contributed by atoms with Gasteiger partial charge in [0, 0.05) is 18.2 Å². The van der Waals surface area contributed by atoms with E-state index in [4.69, 9.17) is 0 Å². The van der Waals surface area contributed by atoms with Crippen LogP contribution in [0.3, 0.4) is 0 Å². The van der Waals surface area contributed by atoms with Gasteiger partial charge >= 0.3 is 0 Å². The van der Waals surface area contributed by atoms with Crippen LogP contribution in [0.5, 0.6) is 0 Å². The molecule has 86 valence electrons. The number of rotatable bonds is 5. The molecule has 1 atom stereocenters. The molecule has 0 aliphatic heterocycles. The summed E-state index contributed by atoms with van der Waals surface area (Å²) >= 11 is 0. The summed E-state index contributed by atoms with van der Waals surface area (Å²) in [5.41, 5.74) is 3.82. The molecule has 0 fully saturated rings. The quantitative estimate of drug-likeness (QED) is 0.720. The maximum atomic E-state index is 3.87. The third kappa shape index (κ3) is 2.75. The number of anilines is 1. The molecular weight excluding hydrogens is 194 g/mol. The molecule has 0 aliphatic carbocycles. The Balaban J connectivity index is 3.06. The lowest BCUT2D eigenvalue weighted by atomic mass is 9.91. The molecule has 1 heteroatoms. The van der Waals surface area contributed by atoms with Crippen molar-refractivity contribution in [3.8, 4) is 0 Å². The lowest BCUT2D eigenvalue weighted by molar-refractivity contribution is 0.918. The first-order chi connectivity index (χ1) is 7.74. The average Bonchev–Trinajstić information content (AvgIpc) is 2.31. The molecule has 1 nitrogen and oxygen atoms in total. The average molecular weight is 215 g/mol. The largest absolute Gasteiger partial charge is 0.385 e. The van der Waals surface area contributed by atoms with Gasteiger partial charge in [-0.3, -0.25) is 0 Å².